The summed E-state index contributed by atoms with van der Waals surface area (Å²) >= 11 is 0. The maximum Gasteiger partial charge on any atom is 0.335 e. The van der Waals surface area contributed by atoms with Crippen molar-refractivity contribution in [2.75, 3.05) is 45.2 Å². The standard InChI is InChI=1S/C37H49N3O9S/c1-25-21-40(26(2)24-41)36(42)33-20-30(38-50(45,46)32-16-14-31(47-5)15-17-32)13-18-34(33)49-27(3)8-6-7-19-48-35(25)23-39(4)22-28-9-11-29(12-10-28)37(43)44/h9-18,20,25-27,35,38,41H,6-8,19,21-24H2,1-5H3,(H,43,44)/t25-,26-,27-,35-/m0/s1. The van der Waals surface area contributed by atoms with Crippen LogP contribution >= 0.6 is 0 Å². The van der Waals surface area contributed by atoms with Gasteiger partial charge >= 0.3 is 5.97 Å². The van der Waals surface area contributed by atoms with Crippen molar-refractivity contribution in [3.05, 3.63) is 83.4 Å². The van der Waals surface area contributed by atoms with Crippen LogP contribution in [0.15, 0.2) is 71.6 Å². The SMILES string of the molecule is COc1ccc(S(=O)(=O)Nc2ccc3c(c2)C(=O)N([C@@H](C)CO)C[C@H](C)[C@H](CN(C)Cc2ccc(C(=O)O)cc2)OCCCC[C@H](C)O3)cc1. The number of nitrogens with zero attached hydrogens (tertiary/aromatic N) is 2. The Morgan fingerprint density at radius 1 is 1.08 bits per heavy atom. The second-order valence-electron chi connectivity index (χ2n) is 13.0. The van der Waals surface area contributed by atoms with Crippen molar-refractivity contribution in [2.45, 2.75) is 69.7 Å². The summed E-state index contributed by atoms with van der Waals surface area (Å²) < 4.78 is 47.0. The maximum absolute atomic E-state index is 14.4. The Hall–Kier alpha value is -4.17. The molecule has 0 bridgehead atoms. The highest BCUT2D eigenvalue weighted by atomic mass is 32.2. The summed E-state index contributed by atoms with van der Waals surface area (Å²) in [7, 11) is -0.527. The number of carboxylic acids is 1. The summed E-state index contributed by atoms with van der Waals surface area (Å²) in [6.07, 6.45) is 1.87. The number of aliphatic hydroxyl groups excluding tert-OH is 1. The largest absolute Gasteiger partial charge is 0.497 e. The fourth-order valence-corrected chi connectivity index (χ4v) is 6.90. The van der Waals surface area contributed by atoms with Gasteiger partial charge in [0.15, 0.2) is 0 Å². The quantitative estimate of drug-likeness (QED) is 0.244. The number of methoxy groups -OCH3 is 1. The number of anilines is 1. The Labute approximate surface area is 295 Å². The number of sulfonamides is 1. The van der Waals surface area contributed by atoms with Gasteiger partial charge in [0.1, 0.15) is 11.5 Å². The Morgan fingerprint density at radius 2 is 1.78 bits per heavy atom. The zero-order valence-corrected chi connectivity index (χ0v) is 30.2. The van der Waals surface area contributed by atoms with E-state index in [2.05, 4.69) is 9.62 Å². The van der Waals surface area contributed by atoms with Crippen molar-refractivity contribution in [1.29, 1.82) is 0 Å². The number of carboxylic acid groups (broad SMARTS) is 1. The highest BCUT2D eigenvalue weighted by Gasteiger charge is 2.31. The minimum atomic E-state index is -3.99. The number of likely N-dealkylation sites (N-methyl/N-ethyl adjacent to an activating group) is 1. The second kappa shape index (κ2) is 17.7. The van der Waals surface area contributed by atoms with Crippen LogP contribution in [0.2, 0.25) is 0 Å². The van der Waals surface area contributed by atoms with Gasteiger partial charge in [-0.15, -0.1) is 0 Å². The van der Waals surface area contributed by atoms with Crippen molar-refractivity contribution in [1.82, 2.24) is 9.80 Å². The van der Waals surface area contributed by atoms with Crippen molar-refractivity contribution in [3.8, 4) is 11.5 Å². The highest BCUT2D eigenvalue weighted by Crippen LogP contribution is 2.30. The summed E-state index contributed by atoms with van der Waals surface area (Å²) in [4.78, 5) is 29.4. The first kappa shape index (κ1) is 38.6. The van der Waals surface area contributed by atoms with Crippen LogP contribution in [0.1, 0.15) is 66.3 Å². The molecule has 3 aromatic rings. The van der Waals surface area contributed by atoms with Crippen LogP contribution < -0.4 is 14.2 Å². The molecule has 0 fully saturated rings. The summed E-state index contributed by atoms with van der Waals surface area (Å²) in [6.45, 7) is 7.31. The van der Waals surface area contributed by atoms with Crippen LogP contribution in [-0.4, -0.2) is 99.0 Å². The molecule has 0 aliphatic carbocycles. The third-order valence-corrected chi connectivity index (χ3v) is 10.2. The maximum atomic E-state index is 14.4. The molecule has 1 heterocycles. The molecule has 1 aliphatic heterocycles. The minimum absolute atomic E-state index is 0.0345. The van der Waals surface area contributed by atoms with Gasteiger partial charge in [-0.05, 0) is 100 Å². The number of hydrogen-bond donors (Lipinski definition) is 3. The molecule has 0 radical (unpaired) electrons. The van der Waals surface area contributed by atoms with Crippen LogP contribution in [0.25, 0.3) is 0 Å². The van der Waals surface area contributed by atoms with Crippen LogP contribution in [0.3, 0.4) is 0 Å². The van der Waals surface area contributed by atoms with E-state index in [1.807, 2.05) is 20.9 Å². The fourth-order valence-electron chi connectivity index (χ4n) is 5.85. The Bertz CT molecular complexity index is 1680. The van der Waals surface area contributed by atoms with Crippen LogP contribution in [0.4, 0.5) is 5.69 Å². The molecule has 4 rings (SSSR count). The van der Waals surface area contributed by atoms with Crippen molar-refractivity contribution >= 4 is 27.6 Å². The Balaban J connectivity index is 1.61. The van der Waals surface area contributed by atoms with E-state index in [-0.39, 0.29) is 53.0 Å². The van der Waals surface area contributed by atoms with Gasteiger partial charge in [0.2, 0.25) is 0 Å². The van der Waals surface area contributed by atoms with E-state index in [1.54, 1.807) is 60.4 Å². The number of ether oxygens (including phenoxy) is 3. The van der Waals surface area contributed by atoms with Gasteiger partial charge < -0.3 is 29.3 Å². The fraction of sp³-hybridized carbons (Fsp3) is 0.459. The van der Waals surface area contributed by atoms with Gasteiger partial charge in [-0.25, -0.2) is 13.2 Å². The topological polar surface area (TPSA) is 155 Å². The lowest BCUT2D eigenvalue weighted by atomic mass is 10.0. The summed E-state index contributed by atoms with van der Waals surface area (Å²) in [5.74, 6) is -0.693. The van der Waals surface area contributed by atoms with E-state index in [4.69, 9.17) is 14.2 Å². The highest BCUT2D eigenvalue weighted by molar-refractivity contribution is 7.92. The average Bonchev–Trinajstić information content (AvgIpc) is 3.09. The number of aliphatic hydroxyl groups is 1. The number of fused-ring (bicyclic) bond motifs is 1. The smallest absolute Gasteiger partial charge is 0.335 e. The van der Waals surface area contributed by atoms with E-state index < -0.39 is 27.9 Å². The molecule has 4 atom stereocenters. The molecule has 0 spiro atoms. The molecule has 0 saturated carbocycles. The molecule has 50 heavy (non-hydrogen) atoms. The van der Waals surface area contributed by atoms with Crippen molar-refractivity contribution in [3.63, 3.8) is 0 Å². The molecule has 272 valence electrons. The van der Waals surface area contributed by atoms with Crippen molar-refractivity contribution in [2.24, 2.45) is 5.92 Å². The van der Waals surface area contributed by atoms with Gasteiger partial charge in [-0.1, -0.05) is 19.1 Å². The number of nitrogens with one attached hydrogen (secondary N) is 1. The van der Waals surface area contributed by atoms with Crippen LogP contribution in [-0.2, 0) is 21.3 Å². The number of carbonyl (C=O) groups is 2. The Morgan fingerprint density at radius 3 is 2.42 bits per heavy atom. The van der Waals surface area contributed by atoms with Gasteiger partial charge in [-0.3, -0.25) is 14.4 Å². The molecule has 1 amide bonds. The zero-order valence-electron chi connectivity index (χ0n) is 29.4. The number of benzene rings is 3. The lowest BCUT2D eigenvalue weighted by Crippen LogP contribution is -2.47. The average molecular weight is 712 g/mol. The predicted octanol–water partition coefficient (Wildman–Crippen LogP) is 5.12. The molecule has 12 nitrogen and oxygen atoms in total. The normalized spacial score (nSPS) is 19.9. The number of aromatic carboxylic acids is 1. The number of amides is 1. The number of hydrogen-bond acceptors (Lipinski definition) is 9. The van der Waals surface area contributed by atoms with Crippen LogP contribution in [0.5, 0.6) is 11.5 Å². The van der Waals surface area contributed by atoms with Crippen molar-refractivity contribution < 1.29 is 42.4 Å². The molecule has 3 N–H and O–H groups in total. The molecule has 0 unspecified atom stereocenters. The molecule has 13 heteroatoms. The molecule has 3 aromatic carbocycles. The first-order valence-corrected chi connectivity index (χ1v) is 18.3. The molecule has 0 aromatic heterocycles. The van der Waals surface area contributed by atoms with Gasteiger partial charge in [-0.2, -0.15) is 0 Å². The van der Waals surface area contributed by atoms with Gasteiger partial charge in [0, 0.05) is 37.8 Å². The molecular weight excluding hydrogens is 662 g/mol. The zero-order chi connectivity index (χ0) is 36.4. The minimum Gasteiger partial charge on any atom is -0.497 e. The number of rotatable bonds is 11. The summed E-state index contributed by atoms with van der Waals surface area (Å²) in [5, 5.41) is 19.5. The molecule has 0 saturated heterocycles. The summed E-state index contributed by atoms with van der Waals surface area (Å²) in [6, 6.07) is 16.9. The van der Waals surface area contributed by atoms with E-state index in [0.29, 0.717) is 37.6 Å². The first-order valence-electron chi connectivity index (χ1n) is 16.8. The third-order valence-electron chi connectivity index (χ3n) is 8.82. The lowest BCUT2D eigenvalue weighted by molar-refractivity contribution is -0.0177. The second-order valence-corrected chi connectivity index (χ2v) is 14.7. The van der Waals surface area contributed by atoms with Crippen LogP contribution in [0, 0.1) is 5.92 Å². The molecular formula is C37H49N3O9S. The summed E-state index contributed by atoms with van der Waals surface area (Å²) in [5.41, 5.74) is 1.55. The predicted molar refractivity (Wildman–Crippen MR) is 190 cm³/mol. The van der Waals surface area contributed by atoms with E-state index in [1.165, 1.54) is 25.3 Å². The van der Waals surface area contributed by atoms with E-state index in [9.17, 15) is 28.2 Å². The first-order chi connectivity index (χ1) is 23.8. The van der Waals surface area contributed by atoms with E-state index in [0.717, 1.165) is 18.4 Å². The Kier molecular flexibility index (Phi) is 13.6. The lowest BCUT2D eigenvalue weighted by Gasteiger charge is -2.36. The third kappa shape index (κ3) is 10.4. The van der Waals surface area contributed by atoms with Gasteiger partial charge in [0.05, 0.1) is 48.0 Å². The number of carbonyl (C=O) groups excluding carboxylic acids is 1. The van der Waals surface area contributed by atoms with Gasteiger partial charge in [0.25, 0.3) is 15.9 Å². The monoisotopic (exact) mass is 711 g/mol. The van der Waals surface area contributed by atoms with E-state index >= 15 is 0 Å². The molecule has 1 aliphatic rings.